The molecule has 157 valence electrons. The molecule has 36 heavy (non-hydrogen) atoms. The van der Waals surface area contributed by atoms with E-state index in [2.05, 4.69) is 104 Å². The van der Waals surface area contributed by atoms with E-state index in [9.17, 15) is 0 Å². The maximum atomic E-state index is 6.96. The molecule has 4 saturated heterocycles. The van der Waals surface area contributed by atoms with Crippen molar-refractivity contribution in [3.8, 4) is 17.2 Å². The molecule has 6 aliphatic heterocycles. The van der Waals surface area contributed by atoms with Gasteiger partial charge in [0.25, 0.3) is 0 Å². The third-order valence-corrected chi connectivity index (χ3v) is 17.9. The van der Waals surface area contributed by atoms with Crippen LogP contribution in [-0.2, 0) is 0 Å². The number of benzene rings is 4. The number of hydrogen-bond donors (Lipinski definition) is 0. The monoisotopic (exact) mass is 484 g/mol. The van der Waals surface area contributed by atoms with Crippen LogP contribution >= 0.6 is 13.9 Å². The average Bonchev–Trinajstić information content (AvgIpc) is 3.82. The van der Waals surface area contributed by atoms with E-state index in [0.29, 0.717) is 6.21 Å². The van der Waals surface area contributed by atoms with Gasteiger partial charge in [0, 0.05) is 0 Å². The number of hydrogen-bond acceptors (Lipinski definition) is 2. The number of fused-ring (bicyclic) bond motifs is 10. The Morgan fingerprint density at radius 3 is 2.53 bits per heavy atom. The van der Waals surface area contributed by atoms with E-state index in [1.54, 1.807) is 0 Å². The van der Waals surface area contributed by atoms with Gasteiger partial charge in [-0.3, -0.25) is 0 Å². The van der Waals surface area contributed by atoms with Gasteiger partial charge in [-0.05, 0) is 0 Å². The van der Waals surface area contributed by atoms with Gasteiger partial charge in [0.1, 0.15) is 0 Å². The van der Waals surface area contributed by atoms with E-state index in [1.165, 1.54) is 49.2 Å². The number of aromatic nitrogens is 1. The molecule has 0 aliphatic carbocycles. The maximum absolute atomic E-state index is 6.96. The second kappa shape index (κ2) is 5.50. The zero-order valence-corrected chi connectivity index (χ0v) is 21.0. The predicted molar refractivity (Wildman–Crippen MR) is 162 cm³/mol. The van der Waals surface area contributed by atoms with Crippen molar-refractivity contribution < 1.29 is 4.74 Å². The molecule has 4 fully saturated rings. The van der Waals surface area contributed by atoms with Gasteiger partial charge in [-0.15, -0.1) is 0 Å². The summed E-state index contributed by atoms with van der Waals surface area (Å²) in [6, 6.07) is 29.2. The van der Waals surface area contributed by atoms with Crippen molar-refractivity contribution in [3.63, 3.8) is 0 Å². The minimum atomic E-state index is -2.31. The van der Waals surface area contributed by atoms with Crippen molar-refractivity contribution in [2.45, 2.75) is 0 Å². The van der Waals surface area contributed by atoms with Crippen LogP contribution in [0.4, 0.5) is 0 Å². The zero-order chi connectivity index (χ0) is 23.0. The topological polar surface area (TPSA) is 26.5 Å². The molecule has 0 unspecified atom stereocenters. The SMILES string of the molecule is [B]1B2[B-]P12(N=[P+]1B2[B-]B21)c1cccc2c1Oc1ccc3c4ccccc4n4c3c1B2c1ccccc1-4. The summed E-state index contributed by atoms with van der Waals surface area (Å²) in [5.41, 5.74) is 7.84. The molecule has 0 saturated carbocycles. The fraction of sp³-hybridized carbons (Fsp3) is 0. The van der Waals surface area contributed by atoms with Crippen molar-refractivity contribution in [1.29, 1.82) is 0 Å². The molecule has 5 radical (unpaired) electrons. The average molecular weight is 483 g/mol. The molecule has 3 nitrogen and oxygen atoms in total. The number of nitrogens with zero attached hydrogens (tertiary/aromatic N) is 2. The second-order valence-electron chi connectivity index (χ2n) is 11.2. The predicted octanol–water partition coefficient (Wildman–Crippen LogP) is 2.51. The normalized spacial score (nSPS) is 21.9. The van der Waals surface area contributed by atoms with E-state index in [4.69, 9.17) is 9.25 Å². The second-order valence-corrected chi connectivity index (χ2v) is 18.1. The molecule has 7 heterocycles. The summed E-state index contributed by atoms with van der Waals surface area (Å²) < 4.78 is 15.1. The fourth-order valence-corrected chi connectivity index (χ4v) is 16.6. The van der Waals surface area contributed by atoms with Crippen LogP contribution in [0.2, 0.25) is 0 Å². The zero-order valence-electron chi connectivity index (χ0n) is 19.2. The Labute approximate surface area is 212 Å². The Hall–Kier alpha value is -2.54. The van der Waals surface area contributed by atoms with E-state index < -0.39 is 6.39 Å². The third-order valence-electron chi connectivity index (χ3n) is 9.49. The Bertz CT molecular complexity index is 1980. The van der Waals surface area contributed by atoms with Crippen LogP contribution < -0.4 is 26.4 Å². The van der Waals surface area contributed by atoms with Crippen molar-refractivity contribution >= 4 is 104 Å². The summed E-state index contributed by atoms with van der Waals surface area (Å²) in [4.78, 5) is 0. The Kier molecular flexibility index (Phi) is 2.85. The summed E-state index contributed by atoms with van der Waals surface area (Å²) in [6.45, 7) is 5.33. The van der Waals surface area contributed by atoms with Gasteiger partial charge in [-0.1, -0.05) is 0 Å². The quantitative estimate of drug-likeness (QED) is 0.275. The molecule has 0 N–H and O–H groups in total. The van der Waals surface area contributed by atoms with Gasteiger partial charge >= 0.3 is 213 Å². The van der Waals surface area contributed by atoms with Crippen LogP contribution in [0.3, 0.4) is 0 Å². The van der Waals surface area contributed by atoms with E-state index >= 15 is 0 Å². The Morgan fingerprint density at radius 1 is 0.889 bits per heavy atom. The first-order valence-corrected chi connectivity index (χ1v) is 16.7. The van der Waals surface area contributed by atoms with Gasteiger partial charge in [-0.25, -0.2) is 0 Å². The summed E-state index contributed by atoms with van der Waals surface area (Å²) in [7, 11) is 2.36. The van der Waals surface area contributed by atoms with Crippen LogP contribution in [0.1, 0.15) is 0 Å². The molecular formula is C24H13B7N2OP2-. The molecule has 0 amide bonds. The minimum absolute atomic E-state index is 0.113. The molecule has 12 heteroatoms. The molecule has 6 aliphatic rings. The first-order valence-electron chi connectivity index (χ1n) is 12.8. The molecule has 0 atom stereocenters. The molecule has 5 aromatic rings. The summed E-state index contributed by atoms with van der Waals surface area (Å²) in [5, 5.41) is 4.01. The van der Waals surface area contributed by atoms with Crippen LogP contribution in [0.5, 0.6) is 11.5 Å². The van der Waals surface area contributed by atoms with Crippen LogP contribution in [0.15, 0.2) is 83.4 Å². The van der Waals surface area contributed by atoms with Crippen LogP contribution in [0.25, 0.3) is 27.5 Å². The number of ether oxygens (including phenoxy) is 1. The van der Waals surface area contributed by atoms with Gasteiger partial charge in [0.15, 0.2) is 0 Å². The number of rotatable bonds is 2. The van der Waals surface area contributed by atoms with Crippen molar-refractivity contribution in [2.24, 2.45) is 4.52 Å². The Morgan fingerprint density at radius 2 is 1.69 bits per heavy atom. The summed E-state index contributed by atoms with van der Waals surface area (Å²) in [6.07, 6.45) is -0.0347. The Balaban J connectivity index is 1.25. The van der Waals surface area contributed by atoms with E-state index in [-0.39, 0.29) is 14.2 Å². The van der Waals surface area contributed by atoms with Crippen LogP contribution in [0, 0.1) is 0 Å². The standard InChI is InChI=1S/C24H13B7N2OP2/c1-3-9-18-14(6-1)15-12-13-20-22-23(15)33(18)19-10-4-2-7-16(19)28(22)17-8-5-11-21(24(17)34-20)36(26-29(36)27-36)32-35-30-25-31(30)35/h1-13H/q-1. The molecule has 0 spiro atoms. The molecule has 4 aromatic carbocycles. The molecule has 1 aromatic heterocycles. The molecule has 0 bridgehead atoms. The van der Waals surface area contributed by atoms with Crippen molar-refractivity contribution in [2.75, 3.05) is 0 Å². The summed E-state index contributed by atoms with van der Waals surface area (Å²) >= 11 is 0. The third kappa shape index (κ3) is 1.89. The van der Waals surface area contributed by atoms with Gasteiger partial charge in [0.2, 0.25) is 0 Å². The molecular weight excluding hydrogens is 470 g/mol. The summed E-state index contributed by atoms with van der Waals surface area (Å²) in [5.74, 6) is 2.11. The number of para-hydroxylation sites is 3. The first kappa shape index (κ1) is 18.7. The van der Waals surface area contributed by atoms with E-state index in [0.717, 1.165) is 23.9 Å². The fourth-order valence-electron chi connectivity index (χ4n) is 7.33. The molecule has 11 rings (SSSR count). The van der Waals surface area contributed by atoms with Gasteiger partial charge in [-0.2, -0.15) is 0 Å². The van der Waals surface area contributed by atoms with Crippen molar-refractivity contribution in [3.05, 3.63) is 78.9 Å². The van der Waals surface area contributed by atoms with Gasteiger partial charge < -0.3 is 0 Å². The van der Waals surface area contributed by atoms with Crippen LogP contribution in [-0.4, -0.2) is 50.8 Å². The van der Waals surface area contributed by atoms with E-state index in [1.807, 2.05) is 0 Å². The first-order chi connectivity index (χ1) is 17.8. The van der Waals surface area contributed by atoms with Crippen molar-refractivity contribution in [1.82, 2.24) is 4.57 Å². The van der Waals surface area contributed by atoms with Gasteiger partial charge in [0.05, 0.1) is 0 Å².